The van der Waals surface area contributed by atoms with E-state index in [9.17, 15) is 22.8 Å². The van der Waals surface area contributed by atoms with Crippen molar-refractivity contribution in [3.8, 4) is 5.69 Å². The van der Waals surface area contributed by atoms with Crippen LogP contribution >= 0.6 is 0 Å². The van der Waals surface area contributed by atoms with Crippen LogP contribution in [-0.4, -0.2) is 27.1 Å². The van der Waals surface area contributed by atoms with E-state index in [2.05, 4.69) is 5.10 Å². The van der Waals surface area contributed by atoms with Crippen LogP contribution in [0.5, 0.6) is 0 Å². The standard InChI is InChI=1S/C24H22F3N3O2/c1-15-8-3-4-9-17(15)19-12-7-13-29(19)23(32)22-21(31)14-16(2)30(28-22)20-11-6-5-10-18(20)24(25,26)27/h3-6,8-11,14,19H,7,12-13H2,1-2H3. The SMILES string of the molecule is Cc1ccccc1C1CCCN1C(=O)c1nn(-c2ccccc2C(F)(F)F)c(C)cc1=O. The molecule has 0 bridgehead atoms. The number of carbonyl (C=O) groups is 1. The van der Waals surface area contributed by atoms with Crippen molar-refractivity contribution in [2.24, 2.45) is 0 Å². The highest BCUT2D eigenvalue weighted by molar-refractivity contribution is 5.92. The first-order chi connectivity index (χ1) is 15.2. The Kier molecular flexibility index (Phi) is 5.62. The summed E-state index contributed by atoms with van der Waals surface area (Å²) in [5.41, 5.74) is 0.121. The van der Waals surface area contributed by atoms with Crippen molar-refractivity contribution < 1.29 is 18.0 Å². The van der Waals surface area contributed by atoms with E-state index in [4.69, 9.17) is 0 Å². The highest BCUT2D eigenvalue weighted by atomic mass is 19.4. The average Bonchev–Trinajstić information content (AvgIpc) is 3.23. The van der Waals surface area contributed by atoms with Crippen molar-refractivity contribution in [1.29, 1.82) is 0 Å². The average molecular weight is 441 g/mol. The van der Waals surface area contributed by atoms with Gasteiger partial charge in [0.05, 0.1) is 17.3 Å². The number of aromatic nitrogens is 2. The minimum atomic E-state index is -4.61. The molecule has 1 aliphatic rings. The van der Waals surface area contributed by atoms with Crippen LogP contribution in [0.1, 0.15) is 51.8 Å². The number of alkyl halides is 3. The third kappa shape index (κ3) is 3.92. The zero-order valence-electron chi connectivity index (χ0n) is 17.7. The molecule has 2 heterocycles. The maximum atomic E-state index is 13.5. The van der Waals surface area contributed by atoms with Gasteiger partial charge in [-0.05, 0) is 49.9 Å². The molecule has 1 aromatic heterocycles. The number of carbonyl (C=O) groups excluding carboxylic acids is 1. The molecule has 32 heavy (non-hydrogen) atoms. The third-order valence-electron chi connectivity index (χ3n) is 5.81. The summed E-state index contributed by atoms with van der Waals surface area (Å²) in [6.07, 6.45) is -3.10. The van der Waals surface area contributed by atoms with Crippen LogP contribution in [0.2, 0.25) is 0 Å². The summed E-state index contributed by atoms with van der Waals surface area (Å²) in [5, 5.41) is 4.12. The molecular weight excluding hydrogens is 419 g/mol. The van der Waals surface area contributed by atoms with Crippen molar-refractivity contribution in [2.45, 2.75) is 38.9 Å². The van der Waals surface area contributed by atoms with Gasteiger partial charge in [0.2, 0.25) is 5.43 Å². The highest BCUT2D eigenvalue weighted by Gasteiger charge is 2.36. The Bertz CT molecular complexity index is 1230. The van der Waals surface area contributed by atoms with Crippen molar-refractivity contribution in [2.75, 3.05) is 6.54 Å². The lowest BCUT2D eigenvalue weighted by atomic mass is 9.99. The summed E-state index contributed by atoms with van der Waals surface area (Å²) in [6, 6.07) is 13.6. The quantitative estimate of drug-likeness (QED) is 0.584. The van der Waals surface area contributed by atoms with E-state index in [0.29, 0.717) is 6.54 Å². The fourth-order valence-corrected chi connectivity index (χ4v) is 4.27. The summed E-state index contributed by atoms with van der Waals surface area (Å²) >= 11 is 0. The molecule has 1 amide bonds. The number of benzene rings is 2. The van der Waals surface area contributed by atoms with Crippen molar-refractivity contribution in [3.05, 3.63) is 92.9 Å². The molecule has 1 atom stereocenters. The van der Waals surface area contributed by atoms with Gasteiger partial charge in [0.15, 0.2) is 5.69 Å². The Morgan fingerprint density at radius 1 is 1.06 bits per heavy atom. The van der Waals surface area contributed by atoms with Crippen molar-refractivity contribution >= 4 is 5.91 Å². The van der Waals surface area contributed by atoms with Crippen LogP contribution in [0.25, 0.3) is 5.69 Å². The van der Waals surface area contributed by atoms with Gasteiger partial charge in [0.25, 0.3) is 5.91 Å². The number of amides is 1. The van der Waals surface area contributed by atoms with Crippen LogP contribution < -0.4 is 5.43 Å². The molecule has 8 heteroatoms. The molecule has 5 nitrogen and oxygen atoms in total. The van der Waals surface area contributed by atoms with Gasteiger partial charge in [-0.2, -0.15) is 18.3 Å². The van der Waals surface area contributed by atoms with Gasteiger partial charge >= 0.3 is 6.18 Å². The summed E-state index contributed by atoms with van der Waals surface area (Å²) in [4.78, 5) is 27.6. The number of rotatable bonds is 3. The van der Waals surface area contributed by atoms with Gasteiger partial charge in [-0.15, -0.1) is 0 Å². The van der Waals surface area contributed by atoms with E-state index in [1.807, 2.05) is 31.2 Å². The maximum Gasteiger partial charge on any atom is 0.418 e. The first kappa shape index (κ1) is 21.8. The molecule has 0 radical (unpaired) electrons. The minimum absolute atomic E-state index is 0.206. The predicted molar refractivity (Wildman–Crippen MR) is 114 cm³/mol. The minimum Gasteiger partial charge on any atom is -0.330 e. The Hall–Kier alpha value is -3.42. The van der Waals surface area contributed by atoms with Crippen LogP contribution in [-0.2, 0) is 6.18 Å². The van der Waals surface area contributed by atoms with Crippen LogP contribution in [0.3, 0.4) is 0 Å². The monoisotopic (exact) mass is 441 g/mol. The molecule has 1 fully saturated rings. The molecule has 0 N–H and O–H groups in total. The second kappa shape index (κ2) is 8.26. The molecular formula is C24H22F3N3O2. The van der Waals surface area contributed by atoms with Gasteiger partial charge in [-0.3, -0.25) is 9.59 Å². The van der Waals surface area contributed by atoms with E-state index < -0.39 is 23.1 Å². The predicted octanol–water partition coefficient (Wildman–Crippen LogP) is 4.85. The highest BCUT2D eigenvalue weighted by Crippen LogP contribution is 2.35. The molecule has 3 aromatic rings. The summed E-state index contributed by atoms with van der Waals surface area (Å²) in [7, 11) is 0. The lowest BCUT2D eigenvalue weighted by Crippen LogP contribution is -2.36. The topological polar surface area (TPSA) is 55.2 Å². The van der Waals surface area contributed by atoms with Gasteiger partial charge in [-0.25, -0.2) is 4.68 Å². The summed E-state index contributed by atoms with van der Waals surface area (Å²) in [6.45, 7) is 3.90. The zero-order chi connectivity index (χ0) is 23.0. The van der Waals surface area contributed by atoms with Crippen LogP contribution in [0.4, 0.5) is 13.2 Å². The number of hydrogen-bond donors (Lipinski definition) is 0. The van der Waals surface area contributed by atoms with Gasteiger partial charge in [-0.1, -0.05) is 36.4 Å². The number of likely N-dealkylation sites (tertiary alicyclic amines) is 1. The number of aryl methyl sites for hydroxylation is 2. The Morgan fingerprint density at radius 2 is 1.75 bits per heavy atom. The molecule has 1 aliphatic heterocycles. The summed E-state index contributed by atoms with van der Waals surface area (Å²) < 4.78 is 41.7. The third-order valence-corrected chi connectivity index (χ3v) is 5.81. The number of para-hydroxylation sites is 1. The van der Waals surface area contributed by atoms with E-state index in [1.165, 1.54) is 25.1 Å². The van der Waals surface area contributed by atoms with E-state index >= 15 is 0 Å². The Labute approximate surface area is 183 Å². The molecule has 1 unspecified atom stereocenters. The number of halogens is 3. The number of nitrogens with zero attached hydrogens (tertiary/aromatic N) is 3. The summed E-state index contributed by atoms with van der Waals surface area (Å²) in [5.74, 6) is -0.570. The molecule has 0 spiro atoms. The molecule has 0 aliphatic carbocycles. The molecule has 166 valence electrons. The van der Waals surface area contributed by atoms with Gasteiger partial charge < -0.3 is 4.90 Å². The fourth-order valence-electron chi connectivity index (χ4n) is 4.27. The van der Waals surface area contributed by atoms with Crippen LogP contribution in [0, 0.1) is 13.8 Å². The lowest BCUT2D eigenvalue weighted by molar-refractivity contribution is -0.137. The molecule has 0 saturated carbocycles. The normalized spacial score (nSPS) is 16.4. The maximum absolute atomic E-state index is 13.5. The smallest absolute Gasteiger partial charge is 0.330 e. The van der Waals surface area contributed by atoms with E-state index in [0.717, 1.165) is 40.8 Å². The first-order valence-corrected chi connectivity index (χ1v) is 10.3. The fraction of sp³-hybridized carbons (Fsp3) is 0.292. The number of hydrogen-bond acceptors (Lipinski definition) is 3. The van der Waals surface area contributed by atoms with E-state index in [1.54, 1.807) is 4.90 Å². The van der Waals surface area contributed by atoms with Gasteiger partial charge in [0, 0.05) is 18.3 Å². The Morgan fingerprint density at radius 3 is 2.47 bits per heavy atom. The van der Waals surface area contributed by atoms with Crippen molar-refractivity contribution in [3.63, 3.8) is 0 Å². The van der Waals surface area contributed by atoms with Crippen LogP contribution in [0.15, 0.2) is 59.4 Å². The second-order valence-electron chi connectivity index (χ2n) is 7.94. The molecule has 4 rings (SSSR count). The first-order valence-electron chi connectivity index (χ1n) is 10.3. The molecule has 1 saturated heterocycles. The largest absolute Gasteiger partial charge is 0.418 e. The second-order valence-corrected chi connectivity index (χ2v) is 7.94. The van der Waals surface area contributed by atoms with Gasteiger partial charge in [0.1, 0.15) is 0 Å². The van der Waals surface area contributed by atoms with Crippen molar-refractivity contribution in [1.82, 2.24) is 14.7 Å². The zero-order valence-corrected chi connectivity index (χ0v) is 17.7. The Balaban J connectivity index is 1.79. The lowest BCUT2D eigenvalue weighted by Gasteiger charge is -2.26. The molecule has 2 aromatic carbocycles. The van der Waals surface area contributed by atoms with E-state index in [-0.39, 0.29) is 23.1 Å².